The summed E-state index contributed by atoms with van der Waals surface area (Å²) in [6, 6.07) is 2.15. The zero-order valence-corrected chi connectivity index (χ0v) is 13.4. The molecule has 1 atom stereocenters. The highest BCUT2D eigenvalue weighted by molar-refractivity contribution is 14.0. The van der Waals surface area contributed by atoms with Crippen LogP contribution in [-0.4, -0.2) is 42.0 Å². The van der Waals surface area contributed by atoms with Gasteiger partial charge in [-0.1, -0.05) is 0 Å². The number of rotatable bonds is 6. The van der Waals surface area contributed by atoms with Crippen molar-refractivity contribution in [2.45, 2.75) is 19.4 Å². The van der Waals surface area contributed by atoms with Gasteiger partial charge in [0.1, 0.15) is 0 Å². The molecule has 0 aliphatic rings. The van der Waals surface area contributed by atoms with Crippen molar-refractivity contribution in [1.29, 1.82) is 0 Å². The van der Waals surface area contributed by atoms with E-state index in [0.717, 1.165) is 12.1 Å². The van der Waals surface area contributed by atoms with Gasteiger partial charge in [-0.15, -0.1) is 24.0 Å². The molecule has 1 heterocycles. The number of ether oxygens (including phenoxy) is 1. The van der Waals surface area contributed by atoms with Crippen LogP contribution >= 0.6 is 24.0 Å². The number of nitrogens with one attached hydrogen (secondary N) is 1. The molecule has 0 aliphatic heterocycles. The highest BCUT2D eigenvalue weighted by Gasteiger charge is 2.01. The topological polar surface area (TPSA) is 77.5 Å². The maximum atomic E-state index is 5.74. The van der Waals surface area contributed by atoms with Crippen molar-refractivity contribution in [3.05, 3.63) is 18.0 Å². The second kappa shape index (κ2) is 9.15. The number of nitrogens with zero attached hydrogens (tertiary/aromatic N) is 3. The molecule has 0 fully saturated rings. The van der Waals surface area contributed by atoms with E-state index in [9.17, 15) is 0 Å². The number of hydrogen-bond donors (Lipinski definition) is 2. The molecule has 0 aromatic carbocycles. The van der Waals surface area contributed by atoms with Gasteiger partial charge in [0.25, 0.3) is 0 Å². The van der Waals surface area contributed by atoms with Crippen LogP contribution in [0.25, 0.3) is 0 Å². The summed E-state index contributed by atoms with van der Waals surface area (Å²) in [6.07, 6.45) is 2.61. The second-order valence-electron chi connectivity index (χ2n) is 3.96. The molecule has 0 spiro atoms. The Kier molecular flexibility index (Phi) is 8.73. The minimum Gasteiger partial charge on any atom is -0.383 e. The van der Waals surface area contributed by atoms with E-state index in [0.29, 0.717) is 19.1 Å². The number of hydrogen-bond acceptors (Lipinski definition) is 3. The predicted octanol–water partition coefficient (Wildman–Crippen LogP) is 0.520. The van der Waals surface area contributed by atoms with E-state index in [1.54, 1.807) is 13.3 Å². The summed E-state index contributed by atoms with van der Waals surface area (Å²) >= 11 is 0. The molecule has 0 aliphatic carbocycles. The third-order valence-electron chi connectivity index (χ3n) is 2.38. The zero-order chi connectivity index (χ0) is 12.7. The maximum absolute atomic E-state index is 5.74. The molecule has 6 nitrogen and oxygen atoms in total. The lowest BCUT2D eigenvalue weighted by Crippen LogP contribution is -2.40. The summed E-state index contributed by atoms with van der Waals surface area (Å²) in [5.41, 5.74) is 6.89. The highest BCUT2D eigenvalue weighted by atomic mass is 127. The van der Waals surface area contributed by atoms with Crippen LogP contribution in [0, 0.1) is 0 Å². The number of aryl methyl sites for hydroxylation is 1. The van der Waals surface area contributed by atoms with Crippen molar-refractivity contribution in [2.75, 3.05) is 20.3 Å². The number of guanidine groups is 1. The average Bonchev–Trinajstić information content (AvgIpc) is 2.64. The van der Waals surface area contributed by atoms with E-state index in [1.165, 1.54) is 0 Å². The zero-order valence-electron chi connectivity index (χ0n) is 11.1. The van der Waals surface area contributed by atoms with Crippen LogP contribution in [0.1, 0.15) is 12.6 Å². The molecular weight excluding hydrogens is 345 g/mol. The first-order chi connectivity index (χ1) is 8.13. The lowest BCUT2D eigenvalue weighted by atomic mass is 10.3. The minimum absolute atomic E-state index is 0. The monoisotopic (exact) mass is 367 g/mol. The smallest absolute Gasteiger partial charge is 0.188 e. The maximum Gasteiger partial charge on any atom is 0.188 e. The summed E-state index contributed by atoms with van der Waals surface area (Å²) in [5.74, 6) is 0.455. The molecule has 0 amide bonds. The first kappa shape index (κ1) is 17.2. The molecule has 0 radical (unpaired) electrons. The van der Waals surface area contributed by atoms with E-state index >= 15 is 0 Å². The lowest BCUT2D eigenvalue weighted by molar-refractivity contribution is 0.179. The van der Waals surface area contributed by atoms with Gasteiger partial charge in [0.15, 0.2) is 5.96 Å². The fraction of sp³-hybridized carbons (Fsp3) is 0.636. The number of aromatic nitrogens is 2. The van der Waals surface area contributed by atoms with E-state index < -0.39 is 0 Å². The first-order valence-electron chi connectivity index (χ1n) is 5.65. The van der Waals surface area contributed by atoms with Crippen LogP contribution in [0.5, 0.6) is 0 Å². The molecule has 0 bridgehead atoms. The van der Waals surface area contributed by atoms with Crippen molar-refractivity contribution in [1.82, 2.24) is 15.1 Å². The molecule has 7 heteroatoms. The molecule has 1 unspecified atom stereocenters. The van der Waals surface area contributed by atoms with Crippen LogP contribution in [0.2, 0.25) is 0 Å². The van der Waals surface area contributed by atoms with E-state index in [4.69, 9.17) is 10.5 Å². The van der Waals surface area contributed by atoms with Gasteiger partial charge >= 0.3 is 0 Å². The first-order valence-corrected chi connectivity index (χ1v) is 5.65. The summed E-state index contributed by atoms with van der Waals surface area (Å²) in [5, 5.41) is 7.15. The van der Waals surface area contributed by atoms with Gasteiger partial charge in [0, 0.05) is 45.1 Å². The number of halogens is 1. The number of methoxy groups -OCH3 is 1. The number of aliphatic imine (C=N–C) groups is 1. The minimum atomic E-state index is 0. The Balaban J connectivity index is 0.00000289. The largest absolute Gasteiger partial charge is 0.383 e. The van der Waals surface area contributed by atoms with Gasteiger partial charge < -0.3 is 15.8 Å². The van der Waals surface area contributed by atoms with Gasteiger partial charge in [-0.3, -0.25) is 9.67 Å². The molecular formula is C11H22IN5O. The van der Waals surface area contributed by atoms with Crippen LogP contribution < -0.4 is 11.1 Å². The van der Waals surface area contributed by atoms with Crippen molar-refractivity contribution in [3.63, 3.8) is 0 Å². The molecule has 1 rings (SSSR count). The Morgan fingerprint density at radius 3 is 2.94 bits per heavy atom. The average molecular weight is 367 g/mol. The van der Waals surface area contributed by atoms with Gasteiger partial charge in [-0.2, -0.15) is 5.10 Å². The molecule has 1 aromatic heterocycles. The van der Waals surface area contributed by atoms with E-state index in [1.807, 2.05) is 24.7 Å². The normalized spacial score (nSPS) is 12.9. The standard InChI is InChI=1S/C11H21N5O.HI/c1-9(8-17-3)15-11(12)13-6-4-10-5-7-14-16(10)2;/h5,7,9H,4,6,8H2,1-3H3,(H3,12,13,15);1H. The Bertz CT molecular complexity index is 366. The van der Waals surface area contributed by atoms with E-state index in [2.05, 4.69) is 15.4 Å². The molecule has 0 saturated carbocycles. The molecule has 104 valence electrons. The quantitative estimate of drug-likeness (QED) is 0.437. The highest BCUT2D eigenvalue weighted by Crippen LogP contribution is 1.97. The van der Waals surface area contributed by atoms with Gasteiger partial charge in [-0.05, 0) is 13.0 Å². The lowest BCUT2D eigenvalue weighted by Gasteiger charge is -2.12. The van der Waals surface area contributed by atoms with Crippen LogP contribution in [0.15, 0.2) is 17.3 Å². The van der Waals surface area contributed by atoms with Crippen LogP contribution in [0.4, 0.5) is 0 Å². The van der Waals surface area contributed by atoms with Crippen molar-refractivity contribution in [3.8, 4) is 0 Å². The molecule has 1 aromatic rings. The molecule has 3 N–H and O–H groups in total. The third-order valence-corrected chi connectivity index (χ3v) is 2.38. The summed E-state index contributed by atoms with van der Waals surface area (Å²) in [7, 11) is 3.58. The fourth-order valence-electron chi connectivity index (χ4n) is 1.53. The van der Waals surface area contributed by atoms with E-state index in [-0.39, 0.29) is 30.0 Å². The summed E-state index contributed by atoms with van der Waals surface area (Å²) in [4.78, 5) is 4.25. The third kappa shape index (κ3) is 6.20. The van der Waals surface area contributed by atoms with Gasteiger partial charge in [-0.25, -0.2) is 0 Å². The predicted molar refractivity (Wildman–Crippen MR) is 83.3 cm³/mol. The van der Waals surface area contributed by atoms with Crippen LogP contribution in [-0.2, 0) is 18.2 Å². The Labute approximate surface area is 125 Å². The second-order valence-corrected chi connectivity index (χ2v) is 3.96. The number of nitrogens with two attached hydrogens (primary N) is 1. The summed E-state index contributed by atoms with van der Waals surface area (Å²) in [6.45, 7) is 3.25. The van der Waals surface area contributed by atoms with Crippen molar-refractivity contribution in [2.24, 2.45) is 17.8 Å². The van der Waals surface area contributed by atoms with Crippen molar-refractivity contribution >= 4 is 29.9 Å². The Morgan fingerprint density at radius 2 is 2.39 bits per heavy atom. The Morgan fingerprint density at radius 1 is 1.67 bits per heavy atom. The van der Waals surface area contributed by atoms with Crippen molar-refractivity contribution < 1.29 is 4.74 Å². The summed E-state index contributed by atoms with van der Waals surface area (Å²) < 4.78 is 6.84. The van der Waals surface area contributed by atoms with Gasteiger partial charge in [0.05, 0.1) is 6.61 Å². The molecule has 18 heavy (non-hydrogen) atoms. The molecule has 0 saturated heterocycles. The fourth-order valence-corrected chi connectivity index (χ4v) is 1.53. The SMILES string of the molecule is COCC(C)NC(N)=NCCc1ccnn1C.I. The Hall–Kier alpha value is -0.830. The van der Waals surface area contributed by atoms with Gasteiger partial charge in [0.2, 0.25) is 0 Å². The van der Waals surface area contributed by atoms with Crippen LogP contribution in [0.3, 0.4) is 0 Å².